The second-order valence-corrected chi connectivity index (χ2v) is 13.3. The van der Waals surface area contributed by atoms with Gasteiger partial charge in [-0.25, -0.2) is 9.07 Å². The van der Waals surface area contributed by atoms with Crippen molar-refractivity contribution in [3.63, 3.8) is 0 Å². The smallest absolute Gasteiger partial charge is 0.282 e. The minimum atomic E-state index is -0.637. The van der Waals surface area contributed by atoms with Gasteiger partial charge in [-0.1, -0.05) is 24.3 Å². The van der Waals surface area contributed by atoms with E-state index in [9.17, 15) is 18.8 Å². The number of likely N-dealkylation sites (N-methyl/N-ethyl adjacent to an activating group) is 1. The molecule has 45 heavy (non-hydrogen) atoms. The molecule has 0 spiro atoms. The maximum atomic E-state index is 14.7. The number of hydrogen-bond acceptors (Lipinski definition) is 8. The van der Waals surface area contributed by atoms with E-state index in [0.717, 1.165) is 63.6 Å². The van der Waals surface area contributed by atoms with E-state index in [-0.39, 0.29) is 23.9 Å². The summed E-state index contributed by atoms with van der Waals surface area (Å²) in [4.78, 5) is 43.2. The first-order valence-corrected chi connectivity index (χ1v) is 16.3. The van der Waals surface area contributed by atoms with Crippen molar-refractivity contribution in [1.82, 2.24) is 24.9 Å². The normalized spacial score (nSPS) is 23.2. The molecule has 238 valence electrons. The van der Waals surface area contributed by atoms with Crippen molar-refractivity contribution in [1.29, 1.82) is 0 Å². The zero-order valence-electron chi connectivity index (χ0n) is 25.6. The Morgan fingerprint density at radius 3 is 2.51 bits per heavy atom. The Morgan fingerprint density at radius 2 is 1.78 bits per heavy atom. The van der Waals surface area contributed by atoms with Gasteiger partial charge in [0.1, 0.15) is 10.3 Å². The van der Waals surface area contributed by atoms with Crippen LogP contribution in [-0.2, 0) is 23.2 Å². The van der Waals surface area contributed by atoms with Crippen molar-refractivity contribution >= 4 is 39.1 Å². The van der Waals surface area contributed by atoms with Crippen LogP contribution in [0.2, 0.25) is 0 Å². The van der Waals surface area contributed by atoms with E-state index in [2.05, 4.69) is 77.7 Å². The van der Waals surface area contributed by atoms with Crippen LogP contribution in [0.4, 0.5) is 15.8 Å². The molecule has 3 atom stereocenters. The van der Waals surface area contributed by atoms with E-state index in [1.165, 1.54) is 21.9 Å². The molecule has 1 aromatic heterocycles. The maximum Gasteiger partial charge on any atom is 0.282 e. The predicted octanol–water partition coefficient (Wildman–Crippen LogP) is 3.42. The zero-order valence-corrected chi connectivity index (χ0v) is 27.2. The quantitative estimate of drug-likeness (QED) is 0.367. The van der Waals surface area contributed by atoms with Gasteiger partial charge >= 0.3 is 0 Å². The molecule has 0 saturated carbocycles. The highest BCUT2D eigenvalue weighted by atomic mass is 79.9. The van der Waals surface area contributed by atoms with Gasteiger partial charge in [-0.05, 0) is 71.1 Å². The van der Waals surface area contributed by atoms with Crippen molar-refractivity contribution in [2.45, 2.75) is 43.7 Å². The van der Waals surface area contributed by atoms with E-state index >= 15 is 0 Å². The standard InChI is InChI=1S/C33H39BrFN7O3/c1-39-19-23(15-24(20-39)37-29-17-36-40(2)33(45)31(29)34)22-5-3-21(4-6-22)18-41-11-13-42(14-12-41)25-7-9-28(35)27(16-25)26-8-10-30(43)38-32(26)44/h3-7,9,16-17,23-24,26,37H,8,10-15,18-20H2,1-2H3,(H,38,43,44)/t23-,24+,26?/m0/s1. The van der Waals surface area contributed by atoms with Crippen molar-refractivity contribution in [3.8, 4) is 0 Å². The largest absolute Gasteiger partial charge is 0.379 e. The summed E-state index contributed by atoms with van der Waals surface area (Å²) in [7, 11) is 3.77. The molecule has 0 radical (unpaired) electrons. The van der Waals surface area contributed by atoms with E-state index in [4.69, 9.17) is 0 Å². The summed E-state index contributed by atoms with van der Waals surface area (Å²) in [5.74, 6) is -1.39. The van der Waals surface area contributed by atoms with Gasteiger partial charge in [0.2, 0.25) is 11.8 Å². The third-order valence-electron chi connectivity index (χ3n) is 9.26. The number of piperidine rings is 2. The van der Waals surface area contributed by atoms with Crippen LogP contribution < -0.4 is 21.1 Å². The molecule has 0 aliphatic carbocycles. The van der Waals surface area contributed by atoms with Gasteiger partial charge in [-0.3, -0.25) is 24.6 Å². The van der Waals surface area contributed by atoms with Gasteiger partial charge < -0.3 is 15.1 Å². The highest BCUT2D eigenvalue weighted by Gasteiger charge is 2.31. The Morgan fingerprint density at radius 1 is 1.02 bits per heavy atom. The summed E-state index contributed by atoms with van der Waals surface area (Å²) < 4.78 is 16.5. The molecule has 12 heteroatoms. The highest BCUT2D eigenvalue weighted by Crippen LogP contribution is 2.32. The molecular weight excluding hydrogens is 641 g/mol. The minimum absolute atomic E-state index is 0.160. The van der Waals surface area contributed by atoms with Crippen molar-refractivity contribution < 1.29 is 14.0 Å². The molecule has 6 rings (SSSR count). The number of piperazine rings is 1. The maximum absolute atomic E-state index is 14.7. The van der Waals surface area contributed by atoms with Gasteiger partial charge in [0, 0.05) is 76.6 Å². The van der Waals surface area contributed by atoms with Crippen molar-refractivity contribution in [3.05, 3.63) is 86.0 Å². The number of halogens is 2. The molecule has 4 heterocycles. The number of likely N-dealkylation sites (tertiary alicyclic amines) is 1. The van der Waals surface area contributed by atoms with E-state index < -0.39 is 17.6 Å². The molecule has 2 N–H and O–H groups in total. The third-order valence-corrected chi connectivity index (χ3v) is 10.0. The molecule has 0 bridgehead atoms. The molecule has 2 amide bonds. The average Bonchev–Trinajstić information content (AvgIpc) is 3.02. The van der Waals surface area contributed by atoms with Crippen LogP contribution in [0.15, 0.2) is 57.9 Å². The number of rotatable bonds is 7. The van der Waals surface area contributed by atoms with Crippen LogP contribution in [0.3, 0.4) is 0 Å². The number of aromatic nitrogens is 2. The molecule has 3 fully saturated rings. The molecule has 2 aromatic carbocycles. The zero-order chi connectivity index (χ0) is 31.7. The predicted molar refractivity (Wildman–Crippen MR) is 175 cm³/mol. The minimum Gasteiger partial charge on any atom is -0.379 e. The molecule has 10 nitrogen and oxygen atoms in total. The van der Waals surface area contributed by atoms with E-state index in [1.807, 2.05) is 0 Å². The summed E-state index contributed by atoms with van der Waals surface area (Å²) >= 11 is 3.43. The number of hydrogen-bond donors (Lipinski definition) is 2. The first-order chi connectivity index (χ1) is 21.6. The second kappa shape index (κ2) is 13.4. The summed E-state index contributed by atoms with van der Waals surface area (Å²) in [6.45, 7) is 6.09. The number of benzene rings is 2. The molecule has 3 aliphatic rings. The second-order valence-electron chi connectivity index (χ2n) is 12.5. The lowest BCUT2D eigenvalue weighted by atomic mass is 9.87. The van der Waals surface area contributed by atoms with Gasteiger partial charge in [-0.2, -0.15) is 5.10 Å². The lowest BCUT2D eigenvalue weighted by molar-refractivity contribution is -0.134. The number of carbonyl (C=O) groups is 2. The van der Waals surface area contributed by atoms with Crippen LogP contribution in [-0.4, -0.2) is 83.8 Å². The SMILES string of the molecule is CN1C[C@H](Nc2cnn(C)c(=O)c2Br)C[C@H](c2ccc(CN3CCN(c4ccc(F)c(C5CCC(=O)NC5=O)c4)CC3)cc2)C1. The van der Waals surface area contributed by atoms with E-state index in [1.54, 1.807) is 25.4 Å². The molecule has 1 unspecified atom stereocenters. The number of nitrogens with one attached hydrogen (secondary N) is 2. The summed E-state index contributed by atoms with van der Waals surface area (Å²) in [6.07, 6.45) is 3.21. The lowest BCUT2D eigenvalue weighted by Gasteiger charge is -2.37. The Bertz CT molecular complexity index is 1620. The fourth-order valence-electron chi connectivity index (χ4n) is 6.80. The Labute approximate surface area is 270 Å². The summed E-state index contributed by atoms with van der Waals surface area (Å²) in [5.41, 5.74) is 4.41. The van der Waals surface area contributed by atoms with Gasteiger partial charge in [-0.15, -0.1) is 0 Å². The topological polar surface area (TPSA) is 103 Å². The number of nitrogens with zero attached hydrogens (tertiary/aromatic N) is 5. The fraction of sp³-hybridized carbons (Fsp3) is 0.455. The van der Waals surface area contributed by atoms with Crippen LogP contribution in [0.1, 0.15) is 47.8 Å². The highest BCUT2D eigenvalue weighted by molar-refractivity contribution is 9.10. The molecule has 3 aliphatic heterocycles. The fourth-order valence-corrected chi connectivity index (χ4v) is 7.27. The van der Waals surface area contributed by atoms with Crippen molar-refractivity contribution in [2.24, 2.45) is 7.05 Å². The van der Waals surface area contributed by atoms with E-state index in [0.29, 0.717) is 22.4 Å². The number of anilines is 2. The molecule has 3 aromatic rings. The lowest BCUT2D eigenvalue weighted by Crippen LogP contribution is -2.46. The molecule has 3 saturated heterocycles. The molecular formula is C33H39BrFN7O3. The number of amides is 2. The van der Waals surface area contributed by atoms with Crippen LogP contribution >= 0.6 is 15.9 Å². The van der Waals surface area contributed by atoms with Crippen LogP contribution in [0, 0.1) is 5.82 Å². The monoisotopic (exact) mass is 679 g/mol. The van der Waals surface area contributed by atoms with Gasteiger partial charge in [0.05, 0.1) is 17.8 Å². The first-order valence-electron chi connectivity index (χ1n) is 15.5. The number of imide groups is 1. The third kappa shape index (κ3) is 7.13. The average molecular weight is 681 g/mol. The van der Waals surface area contributed by atoms with Gasteiger partial charge in [0.15, 0.2) is 0 Å². The van der Waals surface area contributed by atoms with Crippen molar-refractivity contribution in [2.75, 3.05) is 56.5 Å². The Hall–Kier alpha value is -3.61. The Kier molecular flexibility index (Phi) is 9.34. The summed E-state index contributed by atoms with van der Waals surface area (Å²) in [5, 5.41) is 10.0. The Balaban J connectivity index is 1.03. The first kappa shape index (κ1) is 31.4. The number of carbonyl (C=O) groups excluding carboxylic acids is 2. The summed E-state index contributed by atoms with van der Waals surface area (Å²) in [6, 6.07) is 14.1. The van der Waals surface area contributed by atoms with Crippen LogP contribution in [0.5, 0.6) is 0 Å². The van der Waals surface area contributed by atoms with Crippen LogP contribution in [0.25, 0.3) is 0 Å². The number of aryl methyl sites for hydroxylation is 1. The van der Waals surface area contributed by atoms with Gasteiger partial charge in [0.25, 0.3) is 5.56 Å².